The minimum atomic E-state index is 0.0804. The molecule has 2 N–H and O–H groups in total. The van der Waals surface area contributed by atoms with E-state index in [2.05, 4.69) is 48.8 Å². The summed E-state index contributed by atoms with van der Waals surface area (Å²) in [6.07, 6.45) is 1.64. The molecule has 0 radical (unpaired) electrons. The van der Waals surface area contributed by atoms with Crippen molar-refractivity contribution in [2.24, 2.45) is 11.1 Å². The van der Waals surface area contributed by atoms with Crippen LogP contribution in [0.1, 0.15) is 18.7 Å². The van der Waals surface area contributed by atoms with Gasteiger partial charge in [-0.25, -0.2) is 9.97 Å². The van der Waals surface area contributed by atoms with Crippen molar-refractivity contribution < 1.29 is 0 Å². The van der Waals surface area contributed by atoms with Gasteiger partial charge in [-0.05, 0) is 24.9 Å². The Kier molecular flexibility index (Phi) is 3.54. The first-order chi connectivity index (χ1) is 8.43. The molecule has 0 aromatic carbocycles. The van der Waals surface area contributed by atoms with E-state index in [4.69, 9.17) is 5.73 Å². The predicted octanol–water partition coefficient (Wildman–Crippen LogP) is 2.42. The summed E-state index contributed by atoms with van der Waals surface area (Å²) in [6, 6.07) is 2.15. The van der Waals surface area contributed by atoms with Crippen LogP contribution in [0.15, 0.2) is 12.4 Å². The molecular weight excluding hydrogens is 244 g/mol. The number of rotatable bonds is 4. The molecule has 0 bridgehead atoms. The van der Waals surface area contributed by atoms with Crippen molar-refractivity contribution >= 4 is 27.4 Å². The Balaban J connectivity index is 2.35. The van der Waals surface area contributed by atoms with E-state index >= 15 is 0 Å². The van der Waals surface area contributed by atoms with Crippen molar-refractivity contribution in [2.75, 3.05) is 25.0 Å². The standard InChI is InChI=1S/C13H20N4S/c1-9-5-10-11(15-8-16-12(10)18-9)17(4)7-13(2,3)6-14/h5,8H,6-7,14H2,1-4H3. The molecule has 0 saturated heterocycles. The molecule has 5 heteroatoms. The summed E-state index contributed by atoms with van der Waals surface area (Å²) < 4.78 is 0. The Bertz CT molecular complexity index is 547. The van der Waals surface area contributed by atoms with Crippen LogP contribution in [0.25, 0.3) is 10.2 Å². The molecule has 0 aliphatic heterocycles. The van der Waals surface area contributed by atoms with Crippen LogP contribution in [0.5, 0.6) is 0 Å². The topological polar surface area (TPSA) is 55.0 Å². The maximum Gasteiger partial charge on any atom is 0.140 e. The van der Waals surface area contributed by atoms with Crippen LogP contribution in [0, 0.1) is 12.3 Å². The van der Waals surface area contributed by atoms with E-state index in [9.17, 15) is 0 Å². The largest absolute Gasteiger partial charge is 0.358 e. The molecule has 0 fully saturated rings. The number of hydrogen-bond donors (Lipinski definition) is 1. The Labute approximate surface area is 112 Å². The van der Waals surface area contributed by atoms with Crippen molar-refractivity contribution in [3.05, 3.63) is 17.3 Å². The first kappa shape index (κ1) is 13.2. The van der Waals surface area contributed by atoms with Gasteiger partial charge in [-0.2, -0.15) is 0 Å². The zero-order valence-electron chi connectivity index (χ0n) is 11.4. The molecule has 2 rings (SSSR count). The normalized spacial score (nSPS) is 12.1. The second-order valence-corrected chi connectivity index (χ2v) is 6.73. The minimum Gasteiger partial charge on any atom is -0.358 e. The van der Waals surface area contributed by atoms with Crippen molar-refractivity contribution in [3.63, 3.8) is 0 Å². The van der Waals surface area contributed by atoms with Gasteiger partial charge in [0, 0.05) is 18.5 Å². The third-order valence-electron chi connectivity index (χ3n) is 3.01. The third kappa shape index (κ3) is 2.62. The van der Waals surface area contributed by atoms with Crippen molar-refractivity contribution in [1.82, 2.24) is 9.97 Å². The highest BCUT2D eigenvalue weighted by atomic mass is 32.1. The molecule has 0 aliphatic rings. The van der Waals surface area contributed by atoms with Gasteiger partial charge in [0.25, 0.3) is 0 Å². The smallest absolute Gasteiger partial charge is 0.140 e. The fraction of sp³-hybridized carbons (Fsp3) is 0.538. The van der Waals surface area contributed by atoms with E-state index < -0.39 is 0 Å². The Morgan fingerprint density at radius 1 is 1.39 bits per heavy atom. The summed E-state index contributed by atoms with van der Waals surface area (Å²) in [7, 11) is 2.06. The number of nitrogens with two attached hydrogens (primary N) is 1. The summed E-state index contributed by atoms with van der Waals surface area (Å²) in [5, 5.41) is 1.13. The van der Waals surface area contributed by atoms with E-state index in [0.29, 0.717) is 6.54 Å². The molecule has 0 unspecified atom stereocenters. The number of anilines is 1. The molecule has 4 nitrogen and oxygen atoms in total. The number of hydrogen-bond acceptors (Lipinski definition) is 5. The summed E-state index contributed by atoms with van der Waals surface area (Å²) in [5.41, 5.74) is 5.87. The second-order valence-electron chi connectivity index (χ2n) is 5.50. The van der Waals surface area contributed by atoms with Gasteiger partial charge in [-0.1, -0.05) is 13.8 Å². The van der Waals surface area contributed by atoms with Gasteiger partial charge < -0.3 is 10.6 Å². The van der Waals surface area contributed by atoms with Gasteiger partial charge in [0.1, 0.15) is 17.0 Å². The van der Waals surface area contributed by atoms with Gasteiger partial charge >= 0.3 is 0 Å². The SMILES string of the molecule is Cc1cc2c(N(C)CC(C)(C)CN)ncnc2s1. The molecule has 0 atom stereocenters. The first-order valence-corrected chi connectivity index (χ1v) is 6.87. The van der Waals surface area contributed by atoms with Crippen molar-refractivity contribution in [1.29, 1.82) is 0 Å². The van der Waals surface area contributed by atoms with E-state index in [0.717, 1.165) is 22.6 Å². The lowest BCUT2D eigenvalue weighted by Crippen LogP contribution is -2.37. The average molecular weight is 264 g/mol. The summed E-state index contributed by atoms with van der Waals surface area (Å²) in [5.74, 6) is 0.992. The van der Waals surface area contributed by atoms with Crippen LogP contribution >= 0.6 is 11.3 Å². The van der Waals surface area contributed by atoms with Gasteiger partial charge in [-0.3, -0.25) is 0 Å². The van der Waals surface area contributed by atoms with Crippen LogP contribution in [-0.4, -0.2) is 30.1 Å². The first-order valence-electron chi connectivity index (χ1n) is 6.05. The van der Waals surface area contributed by atoms with Crippen LogP contribution < -0.4 is 10.6 Å². The summed E-state index contributed by atoms with van der Waals surface area (Å²) in [4.78, 5) is 13.2. The number of aromatic nitrogens is 2. The van der Waals surface area contributed by atoms with Crippen molar-refractivity contribution in [2.45, 2.75) is 20.8 Å². The number of aryl methyl sites for hydroxylation is 1. The Morgan fingerprint density at radius 2 is 2.11 bits per heavy atom. The predicted molar refractivity (Wildman–Crippen MR) is 78.3 cm³/mol. The van der Waals surface area contributed by atoms with Crippen LogP contribution in [0.3, 0.4) is 0 Å². The van der Waals surface area contributed by atoms with Crippen LogP contribution in [0.4, 0.5) is 5.82 Å². The monoisotopic (exact) mass is 264 g/mol. The minimum absolute atomic E-state index is 0.0804. The van der Waals surface area contributed by atoms with Crippen molar-refractivity contribution in [3.8, 4) is 0 Å². The number of nitrogens with zero attached hydrogens (tertiary/aromatic N) is 3. The molecular formula is C13H20N4S. The summed E-state index contributed by atoms with van der Waals surface area (Å²) in [6.45, 7) is 7.97. The summed E-state index contributed by atoms with van der Waals surface area (Å²) >= 11 is 1.70. The Hall–Kier alpha value is -1.20. The van der Waals surface area contributed by atoms with Gasteiger partial charge in [0.15, 0.2) is 0 Å². The van der Waals surface area contributed by atoms with Crippen LogP contribution in [-0.2, 0) is 0 Å². The molecule has 18 heavy (non-hydrogen) atoms. The number of fused-ring (bicyclic) bond motifs is 1. The highest BCUT2D eigenvalue weighted by Crippen LogP contribution is 2.30. The second kappa shape index (κ2) is 4.82. The van der Waals surface area contributed by atoms with E-state index in [1.807, 2.05) is 0 Å². The molecule has 0 saturated carbocycles. The molecule has 0 spiro atoms. The molecule has 2 aromatic rings. The van der Waals surface area contributed by atoms with Gasteiger partial charge in [-0.15, -0.1) is 11.3 Å². The molecule has 0 amide bonds. The van der Waals surface area contributed by atoms with E-state index in [1.54, 1.807) is 17.7 Å². The Morgan fingerprint density at radius 3 is 2.78 bits per heavy atom. The molecule has 0 aliphatic carbocycles. The average Bonchev–Trinajstić information content (AvgIpc) is 2.68. The third-order valence-corrected chi connectivity index (χ3v) is 3.97. The van der Waals surface area contributed by atoms with Gasteiger partial charge in [0.05, 0.1) is 5.39 Å². The highest BCUT2D eigenvalue weighted by molar-refractivity contribution is 7.18. The zero-order chi connectivity index (χ0) is 13.3. The van der Waals surface area contributed by atoms with Crippen LogP contribution in [0.2, 0.25) is 0 Å². The highest BCUT2D eigenvalue weighted by Gasteiger charge is 2.20. The van der Waals surface area contributed by atoms with Gasteiger partial charge in [0.2, 0.25) is 0 Å². The lowest BCUT2D eigenvalue weighted by atomic mass is 9.93. The number of thiophene rings is 1. The van der Waals surface area contributed by atoms with E-state index in [-0.39, 0.29) is 5.41 Å². The molecule has 98 valence electrons. The molecule has 2 heterocycles. The maximum atomic E-state index is 5.79. The fourth-order valence-corrected chi connectivity index (χ4v) is 2.89. The fourth-order valence-electron chi connectivity index (χ4n) is 2.05. The quantitative estimate of drug-likeness (QED) is 0.921. The lowest BCUT2D eigenvalue weighted by Gasteiger charge is -2.29. The maximum absolute atomic E-state index is 5.79. The lowest BCUT2D eigenvalue weighted by molar-refractivity contribution is 0.384. The molecule has 2 aromatic heterocycles. The van der Waals surface area contributed by atoms with E-state index in [1.165, 1.54) is 4.88 Å². The zero-order valence-corrected chi connectivity index (χ0v) is 12.2.